The number of carbonyl (C=O) groups is 1. The van der Waals surface area contributed by atoms with E-state index in [1.807, 2.05) is 29.9 Å². The molecular formula is C17H19N3O4. The molecule has 24 heavy (non-hydrogen) atoms. The molecule has 1 atom stereocenters. The number of ether oxygens (including phenoxy) is 1. The summed E-state index contributed by atoms with van der Waals surface area (Å²) in [5, 5.41) is 10.9. The van der Waals surface area contributed by atoms with Crippen LogP contribution < -0.4 is 0 Å². The van der Waals surface area contributed by atoms with E-state index in [0.717, 1.165) is 5.69 Å². The lowest BCUT2D eigenvalue weighted by Crippen LogP contribution is -2.44. The number of carbonyl (C=O) groups excluding carboxylic acids is 1. The van der Waals surface area contributed by atoms with Gasteiger partial charge in [0.1, 0.15) is 0 Å². The standard InChI is InChI=1S/C17H19N3O4/c1-18-7-3-6-15(18)16-12-24-9-8-19(16)17(21)11-13-4-2-5-14(10-13)20(22)23/h2-7,10,16H,8-9,11-12H2,1H3/t16-/m0/s1. The van der Waals surface area contributed by atoms with Crippen LogP contribution in [0.15, 0.2) is 42.6 Å². The van der Waals surface area contributed by atoms with Crippen LogP contribution >= 0.6 is 0 Å². The number of non-ortho nitro benzene ring substituents is 1. The van der Waals surface area contributed by atoms with E-state index in [-0.39, 0.29) is 24.1 Å². The fourth-order valence-corrected chi connectivity index (χ4v) is 3.02. The number of rotatable bonds is 4. The van der Waals surface area contributed by atoms with E-state index in [1.54, 1.807) is 17.0 Å². The first-order valence-corrected chi connectivity index (χ1v) is 7.78. The van der Waals surface area contributed by atoms with Crippen LogP contribution in [0.3, 0.4) is 0 Å². The van der Waals surface area contributed by atoms with Gasteiger partial charge in [0, 0.05) is 37.6 Å². The Hall–Kier alpha value is -2.67. The van der Waals surface area contributed by atoms with E-state index in [4.69, 9.17) is 4.74 Å². The van der Waals surface area contributed by atoms with Crippen molar-refractivity contribution < 1.29 is 14.5 Å². The molecule has 2 aromatic rings. The molecule has 2 heterocycles. The molecule has 0 unspecified atom stereocenters. The predicted molar refractivity (Wildman–Crippen MR) is 87.5 cm³/mol. The summed E-state index contributed by atoms with van der Waals surface area (Å²) in [6.45, 7) is 1.48. The summed E-state index contributed by atoms with van der Waals surface area (Å²) in [5.74, 6) is -0.0509. The molecule has 1 aromatic heterocycles. The van der Waals surface area contributed by atoms with Crippen LogP contribution in [0, 0.1) is 10.1 Å². The first-order valence-electron chi connectivity index (χ1n) is 7.78. The van der Waals surface area contributed by atoms with Gasteiger partial charge in [-0.15, -0.1) is 0 Å². The lowest BCUT2D eigenvalue weighted by atomic mass is 10.1. The first kappa shape index (κ1) is 16.2. The molecule has 3 rings (SSSR count). The maximum Gasteiger partial charge on any atom is 0.269 e. The molecule has 1 aliphatic rings. The molecule has 0 N–H and O–H groups in total. The molecule has 1 fully saturated rings. The molecule has 0 saturated carbocycles. The van der Waals surface area contributed by atoms with Crippen LogP contribution in [0.5, 0.6) is 0 Å². The quantitative estimate of drug-likeness (QED) is 0.635. The number of benzene rings is 1. The molecule has 7 nitrogen and oxygen atoms in total. The lowest BCUT2D eigenvalue weighted by molar-refractivity contribution is -0.384. The van der Waals surface area contributed by atoms with Gasteiger partial charge in [-0.25, -0.2) is 0 Å². The number of nitrogens with zero attached hydrogens (tertiary/aromatic N) is 3. The summed E-state index contributed by atoms with van der Waals surface area (Å²) in [4.78, 5) is 25.0. The molecule has 0 bridgehead atoms. The highest BCUT2D eigenvalue weighted by Gasteiger charge is 2.30. The van der Waals surface area contributed by atoms with Crippen molar-refractivity contribution in [2.24, 2.45) is 7.05 Å². The Morgan fingerprint density at radius 1 is 1.38 bits per heavy atom. The van der Waals surface area contributed by atoms with Crippen molar-refractivity contribution in [3.05, 3.63) is 64.0 Å². The van der Waals surface area contributed by atoms with Crippen molar-refractivity contribution in [3.8, 4) is 0 Å². The Morgan fingerprint density at radius 3 is 2.92 bits per heavy atom. The molecule has 0 radical (unpaired) electrons. The van der Waals surface area contributed by atoms with Crippen LogP contribution in [-0.4, -0.2) is 40.1 Å². The van der Waals surface area contributed by atoms with Crippen LogP contribution in [-0.2, 0) is 23.0 Å². The molecule has 1 aliphatic heterocycles. The molecule has 1 saturated heterocycles. The Bertz CT molecular complexity index is 756. The number of aryl methyl sites for hydroxylation is 1. The van der Waals surface area contributed by atoms with Crippen molar-refractivity contribution in [2.75, 3.05) is 19.8 Å². The van der Waals surface area contributed by atoms with E-state index in [0.29, 0.717) is 25.3 Å². The second-order valence-electron chi connectivity index (χ2n) is 5.83. The molecule has 1 amide bonds. The summed E-state index contributed by atoms with van der Waals surface area (Å²) in [6, 6.07) is 10.0. The van der Waals surface area contributed by atoms with Gasteiger partial charge in [0.2, 0.25) is 5.91 Å². The van der Waals surface area contributed by atoms with E-state index < -0.39 is 4.92 Å². The minimum atomic E-state index is -0.449. The SMILES string of the molecule is Cn1cccc1[C@@H]1COCCN1C(=O)Cc1cccc([N+](=O)[O-])c1. The smallest absolute Gasteiger partial charge is 0.269 e. The van der Waals surface area contributed by atoms with Gasteiger partial charge in [-0.2, -0.15) is 0 Å². The Kier molecular flexibility index (Phi) is 4.61. The molecule has 0 aliphatic carbocycles. The van der Waals surface area contributed by atoms with Crippen LogP contribution in [0.1, 0.15) is 17.3 Å². The van der Waals surface area contributed by atoms with Gasteiger partial charge in [0.15, 0.2) is 0 Å². The summed E-state index contributed by atoms with van der Waals surface area (Å²) in [7, 11) is 1.94. The highest BCUT2D eigenvalue weighted by Crippen LogP contribution is 2.25. The van der Waals surface area contributed by atoms with Gasteiger partial charge >= 0.3 is 0 Å². The fourth-order valence-electron chi connectivity index (χ4n) is 3.02. The Balaban J connectivity index is 1.78. The number of amides is 1. The number of hydrogen-bond donors (Lipinski definition) is 0. The Morgan fingerprint density at radius 2 is 2.21 bits per heavy atom. The molecule has 126 valence electrons. The molecule has 1 aromatic carbocycles. The largest absolute Gasteiger partial charge is 0.377 e. The van der Waals surface area contributed by atoms with Gasteiger partial charge in [-0.05, 0) is 17.7 Å². The minimum absolute atomic E-state index is 0.00117. The number of nitro groups is 1. The molecular weight excluding hydrogens is 310 g/mol. The fraction of sp³-hybridized carbons (Fsp3) is 0.353. The summed E-state index contributed by atoms with van der Waals surface area (Å²) >= 11 is 0. The first-order chi connectivity index (χ1) is 11.6. The Labute approximate surface area is 139 Å². The van der Waals surface area contributed by atoms with Crippen molar-refractivity contribution in [1.29, 1.82) is 0 Å². The molecule has 0 spiro atoms. The maximum absolute atomic E-state index is 12.8. The second kappa shape index (κ2) is 6.84. The summed E-state index contributed by atoms with van der Waals surface area (Å²) < 4.78 is 7.52. The predicted octanol–water partition coefficient (Wildman–Crippen LogP) is 2.08. The van der Waals surface area contributed by atoms with Gasteiger partial charge in [0.25, 0.3) is 5.69 Å². The highest BCUT2D eigenvalue weighted by molar-refractivity contribution is 5.79. The monoisotopic (exact) mass is 329 g/mol. The highest BCUT2D eigenvalue weighted by atomic mass is 16.6. The topological polar surface area (TPSA) is 77.6 Å². The van der Waals surface area contributed by atoms with Gasteiger partial charge in [0.05, 0.1) is 30.6 Å². The number of hydrogen-bond acceptors (Lipinski definition) is 4. The van der Waals surface area contributed by atoms with Gasteiger partial charge in [-0.3, -0.25) is 14.9 Å². The summed E-state index contributed by atoms with van der Waals surface area (Å²) in [5.41, 5.74) is 1.66. The van der Waals surface area contributed by atoms with Crippen molar-refractivity contribution in [3.63, 3.8) is 0 Å². The number of morpholine rings is 1. The molecule has 7 heteroatoms. The van der Waals surface area contributed by atoms with Crippen LogP contribution in [0.25, 0.3) is 0 Å². The zero-order chi connectivity index (χ0) is 17.1. The van der Waals surface area contributed by atoms with Crippen LogP contribution in [0.4, 0.5) is 5.69 Å². The van der Waals surface area contributed by atoms with E-state index in [2.05, 4.69) is 0 Å². The normalized spacial score (nSPS) is 17.7. The third-order valence-electron chi connectivity index (χ3n) is 4.25. The van der Waals surface area contributed by atoms with E-state index in [1.165, 1.54) is 12.1 Å². The minimum Gasteiger partial charge on any atom is -0.377 e. The number of nitro benzene ring substituents is 1. The average molecular weight is 329 g/mol. The third-order valence-corrected chi connectivity index (χ3v) is 4.25. The summed E-state index contributed by atoms with van der Waals surface area (Å²) in [6.07, 6.45) is 2.08. The number of aromatic nitrogens is 1. The van der Waals surface area contributed by atoms with Crippen molar-refractivity contribution in [2.45, 2.75) is 12.5 Å². The zero-order valence-corrected chi connectivity index (χ0v) is 13.4. The van der Waals surface area contributed by atoms with E-state index >= 15 is 0 Å². The van der Waals surface area contributed by atoms with Gasteiger partial charge in [-0.1, -0.05) is 12.1 Å². The van der Waals surface area contributed by atoms with E-state index in [9.17, 15) is 14.9 Å². The van der Waals surface area contributed by atoms with Crippen molar-refractivity contribution in [1.82, 2.24) is 9.47 Å². The van der Waals surface area contributed by atoms with Crippen molar-refractivity contribution >= 4 is 11.6 Å². The maximum atomic E-state index is 12.8. The average Bonchev–Trinajstić information content (AvgIpc) is 3.01. The zero-order valence-electron chi connectivity index (χ0n) is 13.4. The van der Waals surface area contributed by atoms with Gasteiger partial charge < -0.3 is 14.2 Å². The lowest BCUT2D eigenvalue weighted by Gasteiger charge is -2.36. The second-order valence-corrected chi connectivity index (χ2v) is 5.83. The van der Waals surface area contributed by atoms with Crippen LogP contribution in [0.2, 0.25) is 0 Å². The third kappa shape index (κ3) is 3.30.